The molecule has 0 fully saturated rings. The van der Waals surface area contributed by atoms with E-state index in [-0.39, 0.29) is 10.6 Å². The minimum atomic E-state index is -0.385. The SMILES string of the molecule is CC(C)NCC=Cc1cccc([N+](=O)[O-])c1. The second-order valence-corrected chi connectivity index (χ2v) is 3.82. The molecule has 0 atom stereocenters. The Morgan fingerprint density at radius 1 is 1.50 bits per heavy atom. The summed E-state index contributed by atoms with van der Waals surface area (Å²) in [5, 5.41) is 13.8. The zero-order valence-electron chi connectivity index (χ0n) is 9.51. The molecule has 16 heavy (non-hydrogen) atoms. The molecule has 0 saturated heterocycles. The third-order valence-corrected chi connectivity index (χ3v) is 2.04. The van der Waals surface area contributed by atoms with Crippen LogP contribution < -0.4 is 5.32 Å². The molecule has 0 aliphatic carbocycles. The van der Waals surface area contributed by atoms with Gasteiger partial charge in [-0.2, -0.15) is 0 Å². The van der Waals surface area contributed by atoms with E-state index in [4.69, 9.17) is 0 Å². The van der Waals surface area contributed by atoms with E-state index in [0.717, 1.165) is 12.1 Å². The first-order chi connectivity index (χ1) is 7.59. The van der Waals surface area contributed by atoms with Gasteiger partial charge in [0.25, 0.3) is 5.69 Å². The quantitative estimate of drug-likeness (QED) is 0.613. The number of nitrogens with one attached hydrogen (secondary N) is 1. The monoisotopic (exact) mass is 220 g/mol. The predicted molar refractivity (Wildman–Crippen MR) is 65.3 cm³/mol. The zero-order chi connectivity index (χ0) is 12.0. The highest BCUT2D eigenvalue weighted by Crippen LogP contribution is 2.13. The minimum absolute atomic E-state index is 0.124. The van der Waals surface area contributed by atoms with Crippen LogP contribution in [0.2, 0.25) is 0 Å². The van der Waals surface area contributed by atoms with Crippen LogP contribution >= 0.6 is 0 Å². The molecule has 0 bridgehead atoms. The lowest BCUT2D eigenvalue weighted by molar-refractivity contribution is -0.384. The Balaban J connectivity index is 2.60. The molecule has 0 unspecified atom stereocenters. The van der Waals surface area contributed by atoms with E-state index < -0.39 is 0 Å². The average molecular weight is 220 g/mol. The number of non-ortho nitro benzene ring substituents is 1. The van der Waals surface area contributed by atoms with Gasteiger partial charge in [-0.05, 0) is 5.56 Å². The van der Waals surface area contributed by atoms with Crippen LogP contribution in [0.25, 0.3) is 6.08 Å². The molecule has 4 heteroatoms. The first kappa shape index (κ1) is 12.4. The van der Waals surface area contributed by atoms with Crippen LogP contribution in [-0.4, -0.2) is 17.5 Å². The molecule has 0 saturated carbocycles. The van der Waals surface area contributed by atoms with Crippen molar-refractivity contribution in [2.45, 2.75) is 19.9 Å². The normalized spacial score (nSPS) is 11.2. The molecule has 0 heterocycles. The van der Waals surface area contributed by atoms with Crippen molar-refractivity contribution in [3.05, 3.63) is 46.0 Å². The molecular weight excluding hydrogens is 204 g/mol. The van der Waals surface area contributed by atoms with Crippen LogP contribution in [0.3, 0.4) is 0 Å². The number of nitrogens with zero attached hydrogens (tertiary/aromatic N) is 1. The first-order valence-corrected chi connectivity index (χ1v) is 5.24. The van der Waals surface area contributed by atoms with Crippen LogP contribution in [0.5, 0.6) is 0 Å². The molecule has 1 aromatic rings. The predicted octanol–water partition coefficient (Wildman–Crippen LogP) is 2.61. The Labute approximate surface area is 95.1 Å². The van der Waals surface area contributed by atoms with Crippen molar-refractivity contribution in [1.82, 2.24) is 5.32 Å². The smallest absolute Gasteiger partial charge is 0.270 e. The molecule has 0 radical (unpaired) electrons. The molecule has 0 spiro atoms. The minimum Gasteiger partial charge on any atom is -0.311 e. The van der Waals surface area contributed by atoms with E-state index in [9.17, 15) is 10.1 Å². The van der Waals surface area contributed by atoms with E-state index in [2.05, 4.69) is 19.2 Å². The highest BCUT2D eigenvalue weighted by atomic mass is 16.6. The van der Waals surface area contributed by atoms with E-state index in [1.165, 1.54) is 6.07 Å². The summed E-state index contributed by atoms with van der Waals surface area (Å²) in [6, 6.07) is 7.03. The Bertz CT molecular complexity index is 386. The number of benzene rings is 1. The number of nitro groups is 1. The van der Waals surface area contributed by atoms with Gasteiger partial charge in [-0.3, -0.25) is 10.1 Å². The van der Waals surface area contributed by atoms with Gasteiger partial charge in [0.15, 0.2) is 0 Å². The Morgan fingerprint density at radius 2 is 2.25 bits per heavy atom. The van der Waals surface area contributed by atoms with Crippen molar-refractivity contribution < 1.29 is 4.92 Å². The molecule has 1 rings (SSSR count). The van der Waals surface area contributed by atoms with Crippen molar-refractivity contribution in [3.63, 3.8) is 0 Å². The van der Waals surface area contributed by atoms with Crippen molar-refractivity contribution >= 4 is 11.8 Å². The maximum absolute atomic E-state index is 10.5. The van der Waals surface area contributed by atoms with Crippen LogP contribution in [0, 0.1) is 10.1 Å². The van der Waals surface area contributed by atoms with Crippen molar-refractivity contribution in [2.75, 3.05) is 6.54 Å². The van der Waals surface area contributed by atoms with Gasteiger partial charge in [0.1, 0.15) is 0 Å². The van der Waals surface area contributed by atoms with Gasteiger partial charge in [0, 0.05) is 24.7 Å². The Kier molecular flexibility index (Phi) is 4.66. The number of rotatable bonds is 5. The third kappa shape index (κ3) is 4.23. The summed E-state index contributed by atoms with van der Waals surface area (Å²) in [6.45, 7) is 4.91. The number of hydrogen-bond donors (Lipinski definition) is 1. The van der Waals surface area contributed by atoms with Crippen LogP contribution in [-0.2, 0) is 0 Å². The van der Waals surface area contributed by atoms with Crippen LogP contribution in [0.1, 0.15) is 19.4 Å². The lowest BCUT2D eigenvalue weighted by Gasteiger charge is -2.03. The van der Waals surface area contributed by atoms with Gasteiger partial charge in [-0.1, -0.05) is 38.1 Å². The highest BCUT2D eigenvalue weighted by molar-refractivity contribution is 5.53. The lowest BCUT2D eigenvalue weighted by Crippen LogP contribution is -2.22. The van der Waals surface area contributed by atoms with E-state index in [1.54, 1.807) is 12.1 Å². The second kappa shape index (κ2) is 6.02. The number of nitro benzene ring substituents is 1. The van der Waals surface area contributed by atoms with E-state index >= 15 is 0 Å². The fourth-order valence-corrected chi connectivity index (χ4v) is 1.24. The summed E-state index contributed by atoms with van der Waals surface area (Å²) >= 11 is 0. The standard InChI is InChI=1S/C12H16N2O2/c1-10(2)13-8-4-6-11-5-3-7-12(9-11)14(15)16/h3-7,9-10,13H,8H2,1-2H3. The molecule has 0 aromatic heterocycles. The molecule has 1 aromatic carbocycles. The largest absolute Gasteiger partial charge is 0.311 e. The number of hydrogen-bond acceptors (Lipinski definition) is 3. The lowest BCUT2D eigenvalue weighted by atomic mass is 10.2. The van der Waals surface area contributed by atoms with E-state index in [0.29, 0.717) is 6.04 Å². The van der Waals surface area contributed by atoms with Crippen LogP contribution in [0.4, 0.5) is 5.69 Å². The Hall–Kier alpha value is -1.68. The maximum Gasteiger partial charge on any atom is 0.270 e. The maximum atomic E-state index is 10.5. The summed E-state index contributed by atoms with van der Waals surface area (Å²) in [4.78, 5) is 10.2. The molecule has 1 N–H and O–H groups in total. The summed E-state index contributed by atoms with van der Waals surface area (Å²) in [5.41, 5.74) is 0.971. The summed E-state index contributed by atoms with van der Waals surface area (Å²) in [7, 11) is 0. The second-order valence-electron chi connectivity index (χ2n) is 3.82. The molecule has 4 nitrogen and oxygen atoms in total. The van der Waals surface area contributed by atoms with Gasteiger partial charge in [-0.15, -0.1) is 0 Å². The topological polar surface area (TPSA) is 55.2 Å². The highest BCUT2D eigenvalue weighted by Gasteiger charge is 2.03. The van der Waals surface area contributed by atoms with Gasteiger partial charge in [-0.25, -0.2) is 0 Å². The molecule has 0 aliphatic heterocycles. The molecule has 0 amide bonds. The summed E-state index contributed by atoms with van der Waals surface area (Å²) in [6.07, 6.45) is 3.83. The molecule has 86 valence electrons. The van der Waals surface area contributed by atoms with Crippen molar-refractivity contribution in [3.8, 4) is 0 Å². The fraction of sp³-hybridized carbons (Fsp3) is 0.333. The Morgan fingerprint density at radius 3 is 2.88 bits per heavy atom. The molecule has 0 aliphatic rings. The van der Waals surface area contributed by atoms with Gasteiger partial charge in [0.05, 0.1) is 4.92 Å². The van der Waals surface area contributed by atoms with Crippen LogP contribution in [0.15, 0.2) is 30.3 Å². The van der Waals surface area contributed by atoms with Crippen molar-refractivity contribution in [1.29, 1.82) is 0 Å². The third-order valence-electron chi connectivity index (χ3n) is 2.04. The van der Waals surface area contributed by atoms with Gasteiger partial charge in [0.2, 0.25) is 0 Å². The fourth-order valence-electron chi connectivity index (χ4n) is 1.24. The van der Waals surface area contributed by atoms with Gasteiger partial charge >= 0.3 is 0 Å². The molecular formula is C12H16N2O2. The van der Waals surface area contributed by atoms with E-state index in [1.807, 2.05) is 18.2 Å². The van der Waals surface area contributed by atoms with Crippen molar-refractivity contribution in [2.24, 2.45) is 0 Å². The average Bonchev–Trinajstić information content (AvgIpc) is 2.24. The summed E-state index contributed by atoms with van der Waals surface area (Å²) in [5.74, 6) is 0. The summed E-state index contributed by atoms with van der Waals surface area (Å²) < 4.78 is 0. The zero-order valence-corrected chi connectivity index (χ0v) is 9.51. The first-order valence-electron chi connectivity index (χ1n) is 5.24. The van der Waals surface area contributed by atoms with Gasteiger partial charge < -0.3 is 5.32 Å².